The minimum Gasteiger partial charge on any atom is -0.481 e. The number of ether oxygens (including phenoxy) is 1. The summed E-state index contributed by atoms with van der Waals surface area (Å²) in [5.41, 5.74) is 1.42. The molecule has 0 aromatic carbocycles. The van der Waals surface area contributed by atoms with E-state index >= 15 is 0 Å². The number of hydrogen-bond donors (Lipinski definition) is 2. The average molecular weight is 339 g/mol. The summed E-state index contributed by atoms with van der Waals surface area (Å²) in [5, 5.41) is 11.8. The molecule has 1 atom stereocenters. The van der Waals surface area contributed by atoms with Crippen LogP contribution in [-0.4, -0.2) is 29.6 Å². The lowest BCUT2D eigenvalue weighted by atomic mass is 9.88. The molecule has 126 valence electrons. The summed E-state index contributed by atoms with van der Waals surface area (Å²) in [6, 6.07) is 0. The summed E-state index contributed by atoms with van der Waals surface area (Å²) in [6.07, 6.45) is 2.34. The third-order valence-electron chi connectivity index (χ3n) is 3.81. The lowest BCUT2D eigenvalue weighted by molar-refractivity contribution is -0.138. The van der Waals surface area contributed by atoms with Crippen molar-refractivity contribution in [2.45, 2.75) is 46.0 Å². The molecule has 0 fully saturated rings. The van der Waals surface area contributed by atoms with E-state index in [0.29, 0.717) is 16.5 Å². The Morgan fingerprint density at radius 3 is 2.74 bits per heavy atom. The second-order valence-corrected chi connectivity index (χ2v) is 6.82. The Morgan fingerprint density at radius 2 is 2.09 bits per heavy atom. The molecule has 0 saturated heterocycles. The first-order valence-electron chi connectivity index (χ1n) is 7.75. The average Bonchev–Trinajstić information content (AvgIpc) is 2.82. The number of carboxylic acids is 1. The SMILES string of the molecule is CCOC(=O)c1c(NC(=O)CCC(=O)O)sc2c1CC[C@@H](C)C2. The van der Waals surface area contributed by atoms with Crippen LogP contribution in [0, 0.1) is 5.92 Å². The first kappa shape index (κ1) is 17.5. The Balaban J connectivity index is 2.25. The zero-order valence-corrected chi connectivity index (χ0v) is 14.1. The highest BCUT2D eigenvalue weighted by atomic mass is 32.1. The first-order valence-corrected chi connectivity index (χ1v) is 8.57. The minimum atomic E-state index is -1.02. The van der Waals surface area contributed by atoms with Crippen LogP contribution in [0.1, 0.15) is 53.9 Å². The normalized spacial score (nSPS) is 16.5. The molecule has 6 nitrogen and oxygen atoms in total. The standard InChI is InChI=1S/C16H21NO5S/c1-3-22-16(21)14-10-5-4-9(2)8-11(10)23-15(14)17-12(18)6-7-13(19)20/h9H,3-8H2,1-2H3,(H,17,18)(H,19,20)/t9-/m1/s1. The van der Waals surface area contributed by atoms with Crippen LogP contribution in [0.3, 0.4) is 0 Å². The van der Waals surface area contributed by atoms with Gasteiger partial charge in [-0.15, -0.1) is 11.3 Å². The predicted molar refractivity (Wildman–Crippen MR) is 87.0 cm³/mol. The fraction of sp³-hybridized carbons (Fsp3) is 0.562. The van der Waals surface area contributed by atoms with Gasteiger partial charge in [0.1, 0.15) is 5.00 Å². The molecule has 1 aromatic rings. The van der Waals surface area contributed by atoms with Gasteiger partial charge in [0.2, 0.25) is 5.91 Å². The molecule has 1 aromatic heterocycles. The topological polar surface area (TPSA) is 92.7 Å². The molecule has 0 unspecified atom stereocenters. The largest absolute Gasteiger partial charge is 0.481 e. The van der Waals surface area contributed by atoms with Crippen LogP contribution in [0.2, 0.25) is 0 Å². The van der Waals surface area contributed by atoms with Gasteiger partial charge in [-0.3, -0.25) is 9.59 Å². The van der Waals surface area contributed by atoms with Crippen LogP contribution in [0.25, 0.3) is 0 Å². The summed E-state index contributed by atoms with van der Waals surface area (Å²) in [4.78, 5) is 35.8. The second kappa shape index (κ2) is 7.59. The summed E-state index contributed by atoms with van der Waals surface area (Å²) in [6.45, 7) is 4.17. The number of rotatable bonds is 6. The smallest absolute Gasteiger partial charge is 0.341 e. The highest BCUT2D eigenvalue weighted by Crippen LogP contribution is 2.40. The lowest BCUT2D eigenvalue weighted by Gasteiger charge is -2.18. The van der Waals surface area contributed by atoms with Crippen molar-refractivity contribution in [3.8, 4) is 0 Å². The van der Waals surface area contributed by atoms with E-state index in [1.807, 2.05) is 0 Å². The van der Waals surface area contributed by atoms with E-state index in [1.54, 1.807) is 6.92 Å². The maximum Gasteiger partial charge on any atom is 0.341 e. The molecule has 23 heavy (non-hydrogen) atoms. The number of carbonyl (C=O) groups is 3. The molecule has 1 aliphatic rings. The van der Waals surface area contributed by atoms with Gasteiger partial charge in [-0.05, 0) is 37.7 Å². The van der Waals surface area contributed by atoms with E-state index in [2.05, 4.69) is 12.2 Å². The van der Waals surface area contributed by atoms with Gasteiger partial charge in [0.25, 0.3) is 0 Å². The Labute approximate surface area is 138 Å². The molecule has 0 aliphatic heterocycles. The van der Waals surface area contributed by atoms with Crippen LogP contribution < -0.4 is 5.32 Å². The summed E-state index contributed by atoms with van der Waals surface area (Å²) < 4.78 is 5.12. The number of esters is 1. The molecular weight excluding hydrogens is 318 g/mol. The van der Waals surface area contributed by atoms with Crippen LogP contribution in [0.4, 0.5) is 5.00 Å². The molecule has 0 spiro atoms. The van der Waals surface area contributed by atoms with Gasteiger partial charge in [-0.25, -0.2) is 4.79 Å². The van der Waals surface area contributed by atoms with E-state index in [1.165, 1.54) is 11.3 Å². The van der Waals surface area contributed by atoms with Crippen molar-refractivity contribution in [3.05, 3.63) is 16.0 Å². The first-order chi connectivity index (χ1) is 10.9. The zero-order chi connectivity index (χ0) is 17.0. The molecule has 0 radical (unpaired) electrons. The fourth-order valence-corrected chi connectivity index (χ4v) is 4.08. The number of amides is 1. The Hall–Kier alpha value is -1.89. The molecule has 7 heteroatoms. The van der Waals surface area contributed by atoms with Gasteiger partial charge in [-0.1, -0.05) is 6.92 Å². The van der Waals surface area contributed by atoms with Crippen molar-refractivity contribution in [2.24, 2.45) is 5.92 Å². The summed E-state index contributed by atoms with van der Waals surface area (Å²) in [5.74, 6) is -1.30. The number of hydrogen-bond acceptors (Lipinski definition) is 5. The number of carbonyl (C=O) groups excluding carboxylic acids is 2. The molecule has 0 bridgehead atoms. The van der Waals surface area contributed by atoms with E-state index in [-0.39, 0.29) is 19.4 Å². The number of anilines is 1. The van der Waals surface area contributed by atoms with E-state index in [4.69, 9.17) is 9.84 Å². The number of aliphatic carboxylic acids is 1. The van der Waals surface area contributed by atoms with Crippen LogP contribution in [-0.2, 0) is 27.2 Å². The third kappa shape index (κ3) is 4.31. The molecule has 1 amide bonds. The second-order valence-electron chi connectivity index (χ2n) is 5.72. The van der Waals surface area contributed by atoms with Gasteiger partial charge in [0.15, 0.2) is 0 Å². The molecule has 2 rings (SSSR count). The van der Waals surface area contributed by atoms with E-state index in [9.17, 15) is 14.4 Å². The maximum atomic E-state index is 12.3. The number of thiophene rings is 1. The van der Waals surface area contributed by atoms with Gasteiger partial charge >= 0.3 is 11.9 Å². The molecule has 2 N–H and O–H groups in total. The minimum absolute atomic E-state index is 0.115. The van der Waals surface area contributed by atoms with Gasteiger partial charge < -0.3 is 15.2 Å². The molecule has 1 aliphatic carbocycles. The van der Waals surface area contributed by atoms with Crippen LogP contribution >= 0.6 is 11.3 Å². The van der Waals surface area contributed by atoms with Crippen LogP contribution in [0.5, 0.6) is 0 Å². The van der Waals surface area contributed by atoms with Crippen molar-refractivity contribution < 1.29 is 24.2 Å². The zero-order valence-electron chi connectivity index (χ0n) is 13.3. The molecule has 1 heterocycles. The predicted octanol–water partition coefficient (Wildman–Crippen LogP) is 2.85. The highest BCUT2D eigenvalue weighted by molar-refractivity contribution is 7.17. The summed E-state index contributed by atoms with van der Waals surface area (Å²) >= 11 is 1.40. The summed E-state index contributed by atoms with van der Waals surface area (Å²) in [7, 11) is 0. The Bertz CT molecular complexity index is 622. The number of nitrogens with one attached hydrogen (secondary N) is 1. The van der Waals surface area contributed by atoms with Crippen LogP contribution in [0.15, 0.2) is 0 Å². The van der Waals surface area contributed by atoms with Crippen molar-refractivity contribution in [3.63, 3.8) is 0 Å². The maximum absolute atomic E-state index is 12.3. The third-order valence-corrected chi connectivity index (χ3v) is 4.98. The number of carboxylic acid groups (broad SMARTS) is 1. The van der Waals surface area contributed by atoms with Crippen molar-refractivity contribution in [2.75, 3.05) is 11.9 Å². The highest BCUT2D eigenvalue weighted by Gasteiger charge is 2.29. The van der Waals surface area contributed by atoms with Crippen molar-refractivity contribution in [1.82, 2.24) is 0 Å². The monoisotopic (exact) mass is 339 g/mol. The lowest BCUT2D eigenvalue weighted by Crippen LogP contribution is -2.17. The van der Waals surface area contributed by atoms with Gasteiger partial charge in [0, 0.05) is 11.3 Å². The quantitative estimate of drug-likeness (QED) is 0.778. The van der Waals surface area contributed by atoms with Gasteiger partial charge in [0.05, 0.1) is 18.6 Å². The fourth-order valence-electron chi connectivity index (χ4n) is 2.67. The Kier molecular flexibility index (Phi) is 5.76. The van der Waals surface area contributed by atoms with Crippen molar-refractivity contribution in [1.29, 1.82) is 0 Å². The molecular formula is C16H21NO5S. The van der Waals surface area contributed by atoms with E-state index in [0.717, 1.165) is 29.7 Å². The van der Waals surface area contributed by atoms with E-state index < -0.39 is 17.8 Å². The Morgan fingerprint density at radius 1 is 1.35 bits per heavy atom. The molecule has 0 saturated carbocycles. The van der Waals surface area contributed by atoms with Gasteiger partial charge in [-0.2, -0.15) is 0 Å². The van der Waals surface area contributed by atoms with Crippen molar-refractivity contribution >= 4 is 34.2 Å². The number of fused-ring (bicyclic) bond motifs is 1.